The van der Waals surface area contributed by atoms with Crippen LogP contribution in [0.3, 0.4) is 0 Å². The third-order valence-electron chi connectivity index (χ3n) is 2.68. The number of rotatable bonds is 3. The number of aryl methyl sites for hydroxylation is 2. The van der Waals surface area contributed by atoms with E-state index in [0.717, 1.165) is 10.4 Å². The summed E-state index contributed by atoms with van der Waals surface area (Å²) in [4.78, 5) is 1.09. The zero-order valence-corrected chi connectivity index (χ0v) is 10.5. The molecule has 2 aromatic rings. The molecule has 0 fully saturated rings. The van der Waals surface area contributed by atoms with Crippen molar-refractivity contribution in [2.75, 3.05) is 5.32 Å². The van der Waals surface area contributed by atoms with Gasteiger partial charge < -0.3 is 5.32 Å². The van der Waals surface area contributed by atoms with Gasteiger partial charge in [0.2, 0.25) is 0 Å². The lowest BCUT2D eigenvalue weighted by Gasteiger charge is -2.09. The van der Waals surface area contributed by atoms with Gasteiger partial charge in [0.25, 0.3) is 0 Å². The molecule has 1 heterocycles. The van der Waals surface area contributed by atoms with E-state index in [2.05, 4.69) is 5.32 Å². The van der Waals surface area contributed by atoms with Gasteiger partial charge in [0.1, 0.15) is 11.5 Å². The van der Waals surface area contributed by atoms with E-state index in [4.69, 9.17) is 0 Å². The van der Waals surface area contributed by atoms with Crippen LogP contribution in [-0.2, 0) is 6.54 Å². The minimum absolute atomic E-state index is 0.0437. The Balaban J connectivity index is 2.20. The Morgan fingerprint density at radius 1 is 1.12 bits per heavy atom. The monoisotopic (exact) mass is 253 g/mol. The molecule has 1 N–H and O–H groups in total. The van der Waals surface area contributed by atoms with Crippen LogP contribution < -0.4 is 5.32 Å². The molecule has 1 nitrogen and oxygen atoms in total. The van der Waals surface area contributed by atoms with Crippen molar-refractivity contribution >= 4 is 17.0 Å². The molecule has 0 saturated carbocycles. The van der Waals surface area contributed by atoms with Gasteiger partial charge in [-0.05, 0) is 42.5 Å². The molecule has 0 saturated heterocycles. The highest BCUT2D eigenvalue weighted by Crippen LogP contribution is 2.24. The van der Waals surface area contributed by atoms with Crippen molar-refractivity contribution in [3.63, 3.8) is 0 Å². The maximum absolute atomic E-state index is 13.7. The van der Waals surface area contributed by atoms with Crippen LogP contribution in [0.15, 0.2) is 23.6 Å². The van der Waals surface area contributed by atoms with Gasteiger partial charge in [-0.2, -0.15) is 0 Å². The van der Waals surface area contributed by atoms with E-state index >= 15 is 0 Å². The summed E-state index contributed by atoms with van der Waals surface area (Å²) < 4.78 is 27.2. The Hall–Kier alpha value is -1.42. The second kappa shape index (κ2) is 4.84. The highest BCUT2D eigenvalue weighted by molar-refractivity contribution is 7.10. The Bertz CT molecular complexity index is 534. The fraction of sp³-hybridized carbons (Fsp3) is 0.231. The highest BCUT2D eigenvalue weighted by Gasteiger charge is 2.11. The first kappa shape index (κ1) is 12.0. The molecule has 1 aromatic carbocycles. The number of nitrogens with one attached hydrogen (secondary N) is 1. The van der Waals surface area contributed by atoms with Crippen molar-refractivity contribution < 1.29 is 8.78 Å². The minimum Gasteiger partial charge on any atom is -0.375 e. The van der Waals surface area contributed by atoms with E-state index in [-0.39, 0.29) is 5.69 Å². The topological polar surface area (TPSA) is 12.0 Å². The lowest BCUT2D eigenvalue weighted by Crippen LogP contribution is -2.04. The molecule has 0 unspecified atom stereocenters. The highest BCUT2D eigenvalue weighted by atomic mass is 32.1. The first-order valence-electron chi connectivity index (χ1n) is 5.31. The van der Waals surface area contributed by atoms with Crippen molar-refractivity contribution in [2.24, 2.45) is 0 Å². The predicted octanol–water partition coefficient (Wildman–Crippen LogP) is 4.26. The van der Waals surface area contributed by atoms with Gasteiger partial charge in [0.15, 0.2) is 5.82 Å². The van der Waals surface area contributed by atoms with Crippen LogP contribution in [0, 0.1) is 25.5 Å². The van der Waals surface area contributed by atoms with Crippen LogP contribution in [0.1, 0.15) is 16.0 Å². The summed E-state index contributed by atoms with van der Waals surface area (Å²) in [7, 11) is 0. The van der Waals surface area contributed by atoms with Gasteiger partial charge >= 0.3 is 0 Å². The second-order valence-electron chi connectivity index (χ2n) is 3.93. The molecule has 0 aliphatic rings. The molecule has 0 aliphatic heterocycles. The minimum atomic E-state index is -0.553. The molecule has 90 valence electrons. The van der Waals surface area contributed by atoms with E-state index in [1.54, 1.807) is 18.3 Å². The molecule has 0 atom stereocenters. The van der Waals surface area contributed by atoms with Gasteiger partial charge in [-0.3, -0.25) is 0 Å². The first-order valence-corrected chi connectivity index (χ1v) is 6.19. The summed E-state index contributed by atoms with van der Waals surface area (Å²) >= 11 is 1.58. The van der Waals surface area contributed by atoms with Crippen molar-refractivity contribution in [3.05, 3.63) is 51.2 Å². The van der Waals surface area contributed by atoms with Crippen molar-refractivity contribution in [1.82, 2.24) is 0 Å². The average Bonchev–Trinajstić information content (AvgIpc) is 2.70. The molecular formula is C13H13F2NS. The van der Waals surface area contributed by atoms with E-state index in [1.807, 2.05) is 18.4 Å². The molecule has 0 bridgehead atoms. The second-order valence-corrected chi connectivity index (χ2v) is 4.93. The van der Waals surface area contributed by atoms with E-state index in [1.165, 1.54) is 12.1 Å². The third-order valence-corrected chi connectivity index (χ3v) is 3.70. The van der Waals surface area contributed by atoms with Crippen molar-refractivity contribution in [2.45, 2.75) is 20.4 Å². The number of hydrogen-bond donors (Lipinski definition) is 1. The third kappa shape index (κ3) is 2.47. The van der Waals surface area contributed by atoms with Crippen LogP contribution in [0.4, 0.5) is 14.5 Å². The molecule has 17 heavy (non-hydrogen) atoms. The molecule has 0 radical (unpaired) electrons. The first-order chi connectivity index (χ1) is 8.09. The number of anilines is 1. The van der Waals surface area contributed by atoms with Gasteiger partial charge in [-0.15, -0.1) is 11.3 Å². The molecule has 2 rings (SSSR count). The number of thiophene rings is 1. The Labute approximate surface area is 103 Å². The fourth-order valence-corrected chi connectivity index (χ4v) is 2.42. The summed E-state index contributed by atoms with van der Waals surface area (Å²) in [5, 5.41) is 4.79. The van der Waals surface area contributed by atoms with Crippen LogP contribution in [0.2, 0.25) is 0 Å². The maximum atomic E-state index is 13.7. The fourth-order valence-electron chi connectivity index (χ4n) is 1.57. The van der Waals surface area contributed by atoms with Crippen LogP contribution >= 0.6 is 11.3 Å². The number of halogens is 2. The summed E-state index contributed by atoms with van der Waals surface area (Å²) in [5.41, 5.74) is 1.53. The van der Waals surface area contributed by atoms with Crippen LogP contribution in [0.25, 0.3) is 0 Å². The number of hydrogen-bond acceptors (Lipinski definition) is 2. The summed E-state index contributed by atoms with van der Waals surface area (Å²) in [6, 6.07) is 4.71. The molecule has 1 aromatic heterocycles. The lowest BCUT2D eigenvalue weighted by molar-refractivity contribution is 0.582. The zero-order valence-electron chi connectivity index (χ0n) is 9.68. The molecular weight excluding hydrogens is 240 g/mol. The lowest BCUT2D eigenvalue weighted by atomic mass is 10.2. The van der Waals surface area contributed by atoms with Gasteiger partial charge in [-0.25, -0.2) is 8.78 Å². The SMILES string of the molecule is Cc1ccsc1CNc1c(F)ccc(C)c1F. The average molecular weight is 253 g/mol. The predicted molar refractivity (Wildman–Crippen MR) is 67.5 cm³/mol. The van der Waals surface area contributed by atoms with Gasteiger partial charge in [-0.1, -0.05) is 6.07 Å². The van der Waals surface area contributed by atoms with Crippen molar-refractivity contribution in [1.29, 1.82) is 0 Å². The Kier molecular flexibility index (Phi) is 3.43. The molecule has 0 aliphatic carbocycles. The Morgan fingerprint density at radius 3 is 2.53 bits per heavy atom. The standard InChI is InChI=1S/C13H13F2NS/c1-8-5-6-17-11(8)7-16-13-10(14)4-3-9(2)12(13)15/h3-6,16H,7H2,1-2H3. The van der Waals surface area contributed by atoms with E-state index in [9.17, 15) is 8.78 Å². The van der Waals surface area contributed by atoms with Gasteiger partial charge in [0.05, 0.1) is 0 Å². The molecule has 0 amide bonds. The summed E-state index contributed by atoms with van der Waals surface area (Å²) in [6.07, 6.45) is 0. The van der Waals surface area contributed by atoms with Crippen LogP contribution in [0.5, 0.6) is 0 Å². The number of benzene rings is 1. The maximum Gasteiger partial charge on any atom is 0.152 e. The van der Waals surface area contributed by atoms with E-state index in [0.29, 0.717) is 12.1 Å². The quantitative estimate of drug-likeness (QED) is 0.862. The normalized spacial score (nSPS) is 10.6. The van der Waals surface area contributed by atoms with Crippen LogP contribution in [-0.4, -0.2) is 0 Å². The molecule has 4 heteroatoms. The van der Waals surface area contributed by atoms with Gasteiger partial charge in [0, 0.05) is 11.4 Å². The summed E-state index contributed by atoms with van der Waals surface area (Å²) in [6.45, 7) is 4.05. The van der Waals surface area contributed by atoms with E-state index < -0.39 is 11.6 Å². The smallest absolute Gasteiger partial charge is 0.152 e. The largest absolute Gasteiger partial charge is 0.375 e. The Morgan fingerprint density at radius 2 is 1.88 bits per heavy atom. The zero-order chi connectivity index (χ0) is 12.4. The van der Waals surface area contributed by atoms with Crippen molar-refractivity contribution in [3.8, 4) is 0 Å². The summed E-state index contributed by atoms with van der Waals surface area (Å²) in [5.74, 6) is -1.07. The molecule has 0 spiro atoms.